The third kappa shape index (κ3) is 4.14. The first kappa shape index (κ1) is 19.9. The molecule has 2 saturated heterocycles. The first-order valence-corrected chi connectivity index (χ1v) is 11.6. The van der Waals surface area contributed by atoms with Gasteiger partial charge < -0.3 is 14.5 Å². The minimum absolute atomic E-state index is 0.0138. The van der Waals surface area contributed by atoms with Gasteiger partial charge in [0.2, 0.25) is 0 Å². The van der Waals surface area contributed by atoms with Crippen LogP contribution in [0.3, 0.4) is 0 Å². The van der Waals surface area contributed by atoms with Crippen LogP contribution in [0.1, 0.15) is 55.3 Å². The first-order chi connectivity index (χ1) is 14.0. The second-order valence-corrected chi connectivity index (χ2v) is 9.22. The molecular formula is C20H25N3O5S. The third-order valence-electron chi connectivity index (χ3n) is 5.62. The number of esters is 1. The van der Waals surface area contributed by atoms with Crippen molar-refractivity contribution >= 4 is 33.4 Å². The zero-order chi connectivity index (χ0) is 20.4. The molecule has 1 aromatic carbocycles. The number of rotatable bonds is 3. The van der Waals surface area contributed by atoms with E-state index in [0.29, 0.717) is 37.6 Å². The number of hydrogen-bond donors (Lipinski definition) is 0. The van der Waals surface area contributed by atoms with Gasteiger partial charge in [0.25, 0.3) is 15.9 Å². The maximum atomic E-state index is 12.7. The van der Waals surface area contributed by atoms with Crippen molar-refractivity contribution in [2.45, 2.75) is 49.8 Å². The van der Waals surface area contributed by atoms with Crippen LogP contribution in [0.4, 0.5) is 5.69 Å². The second kappa shape index (κ2) is 8.14. The van der Waals surface area contributed by atoms with Gasteiger partial charge in [0.1, 0.15) is 10.7 Å². The first-order valence-electron chi connectivity index (χ1n) is 10.2. The number of hydrogen-bond acceptors (Lipinski definition) is 6. The van der Waals surface area contributed by atoms with Crippen molar-refractivity contribution in [3.63, 3.8) is 0 Å². The summed E-state index contributed by atoms with van der Waals surface area (Å²) >= 11 is 0. The molecule has 0 atom stereocenters. The summed E-state index contributed by atoms with van der Waals surface area (Å²) in [6, 6.07) is 4.50. The number of amidine groups is 1. The molecule has 1 amide bonds. The van der Waals surface area contributed by atoms with Crippen LogP contribution in [0.15, 0.2) is 27.5 Å². The van der Waals surface area contributed by atoms with Gasteiger partial charge in [0, 0.05) is 26.1 Å². The monoisotopic (exact) mass is 419 g/mol. The zero-order valence-electron chi connectivity index (χ0n) is 16.3. The smallest absolute Gasteiger partial charge is 0.338 e. The number of benzene rings is 1. The maximum absolute atomic E-state index is 12.7. The van der Waals surface area contributed by atoms with Gasteiger partial charge in [-0.2, -0.15) is 8.42 Å². The number of ether oxygens (including phenoxy) is 1. The molecule has 0 bridgehead atoms. The minimum atomic E-state index is -3.87. The van der Waals surface area contributed by atoms with Crippen molar-refractivity contribution in [2.75, 3.05) is 31.1 Å². The van der Waals surface area contributed by atoms with Crippen LogP contribution in [0.25, 0.3) is 0 Å². The van der Waals surface area contributed by atoms with Crippen molar-refractivity contribution < 1.29 is 22.7 Å². The highest BCUT2D eigenvalue weighted by atomic mass is 32.2. The quantitative estimate of drug-likeness (QED) is 0.698. The van der Waals surface area contributed by atoms with Gasteiger partial charge in [0.05, 0.1) is 11.3 Å². The molecule has 0 aliphatic carbocycles. The van der Waals surface area contributed by atoms with Crippen molar-refractivity contribution in [1.29, 1.82) is 0 Å². The molecule has 1 aromatic rings. The van der Waals surface area contributed by atoms with Gasteiger partial charge in [-0.15, -0.1) is 4.40 Å². The van der Waals surface area contributed by atoms with E-state index in [-0.39, 0.29) is 23.0 Å². The highest BCUT2D eigenvalue weighted by Gasteiger charge is 2.32. The van der Waals surface area contributed by atoms with Crippen LogP contribution in [-0.4, -0.2) is 57.3 Å². The van der Waals surface area contributed by atoms with Gasteiger partial charge in [-0.1, -0.05) is 6.42 Å². The number of likely N-dealkylation sites (tertiary alicyclic amines) is 1. The molecule has 8 nitrogen and oxygen atoms in total. The number of sulfonamides is 1. The fraction of sp³-hybridized carbons (Fsp3) is 0.550. The van der Waals surface area contributed by atoms with E-state index in [9.17, 15) is 18.0 Å². The van der Waals surface area contributed by atoms with Crippen LogP contribution in [0.2, 0.25) is 0 Å². The van der Waals surface area contributed by atoms with E-state index in [4.69, 9.17) is 4.74 Å². The standard InChI is InChI=1S/C20H25N3O5S/c24-19(22-10-4-2-5-11-22)14-28-20(25)15-8-9-16-17(13-15)29(26,27)21-18-7-3-1-6-12-23(16)18/h8-9,13H,1-7,10-12,14H2. The average molecular weight is 420 g/mol. The number of anilines is 1. The Labute approximate surface area is 170 Å². The van der Waals surface area contributed by atoms with Gasteiger partial charge in [-0.25, -0.2) is 4.79 Å². The van der Waals surface area contributed by atoms with Gasteiger partial charge in [-0.05, 0) is 50.3 Å². The van der Waals surface area contributed by atoms with Gasteiger partial charge in [0.15, 0.2) is 6.61 Å². The molecule has 0 unspecified atom stereocenters. The molecule has 3 heterocycles. The van der Waals surface area contributed by atoms with Crippen molar-refractivity contribution in [3.05, 3.63) is 23.8 Å². The van der Waals surface area contributed by atoms with Crippen LogP contribution < -0.4 is 4.90 Å². The van der Waals surface area contributed by atoms with Gasteiger partial charge >= 0.3 is 5.97 Å². The summed E-state index contributed by atoms with van der Waals surface area (Å²) in [4.78, 5) is 28.3. The van der Waals surface area contributed by atoms with E-state index in [1.807, 2.05) is 4.90 Å². The van der Waals surface area contributed by atoms with E-state index in [2.05, 4.69) is 4.40 Å². The number of piperidine rings is 1. The van der Waals surface area contributed by atoms with Crippen molar-refractivity contribution in [3.8, 4) is 0 Å². The molecule has 4 rings (SSSR count). The Morgan fingerprint density at radius 1 is 1.00 bits per heavy atom. The predicted octanol–water partition coefficient (Wildman–Crippen LogP) is 2.34. The Hall–Kier alpha value is -2.42. The van der Waals surface area contributed by atoms with Crippen molar-refractivity contribution in [1.82, 2.24) is 4.90 Å². The Balaban J connectivity index is 1.51. The summed E-state index contributed by atoms with van der Waals surface area (Å²) in [5, 5.41) is 0. The molecule has 0 N–H and O–H groups in total. The summed E-state index contributed by atoms with van der Waals surface area (Å²) in [7, 11) is -3.87. The fourth-order valence-electron chi connectivity index (χ4n) is 4.05. The fourth-order valence-corrected chi connectivity index (χ4v) is 5.34. The molecule has 0 spiro atoms. The molecule has 3 aliphatic heterocycles. The molecule has 0 saturated carbocycles. The number of amides is 1. The summed E-state index contributed by atoms with van der Waals surface area (Å²) in [6.07, 6.45) is 6.55. The lowest BCUT2D eigenvalue weighted by Gasteiger charge is -2.29. The highest BCUT2D eigenvalue weighted by molar-refractivity contribution is 7.90. The van der Waals surface area contributed by atoms with Crippen LogP contribution in [0.5, 0.6) is 0 Å². The maximum Gasteiger partial charge on any atom is 0.338 e. The Morgan fingerprint density at radius 3 is 2.52 bits per heavy atom. The summed E-state index contributed by atoms with van der Waals surface area (Å²) in [6.45, 7) is 1.74. The molecule has 0 radical (unpaired) electrons. The zero-order valence-corrected chi connectivity index (χ0v) is 17.1. The van der Waals surface area contributed by atoms with E-state index in [0.717, 1.165) is 38.5 Å². The minimum Gasteiger partial charge on any atom is -0.452 e. The summed E-state index contributed by atoms with van der Waals surface area (Å²) < 4.78 is 34.5. The normalized spacial score (nSPS) is 20.8. The predicted molar refractivity (Wildman–Crippen MR) is 108 cm³/mol. The largest absolute Gasteiger partial charge is 0.452 e. The molecule has 29 heavy (non-hydrogen) atoms. The summed E-state index contributed by atoms with van der Waals surface area (Å²) in [5.41, 5.74) is 0.657. The SMILES string of the molecule is O=C(OCC(=O)N1CCCCC1)c1ccc2c(c1)S(=O)(=O)N=C1CCCCCN12. The Kier molecular flexibility index (Phi) is 5.58. The molecule has 2 fully saturated rings. The van der Waals surface area contributed by atoms with Crippen LogP contribution >= 0.6 is 0 Å². The highest BCUT2D eigenvalue weighted by Crippen LogP contribution is 2.35. The van der Waals surface area contributed by atoms with E-state index < -0.39 is 16.0 Å². The lowest BCUT2D eigenvalue weighted by atomic mass is 10.1. The lowest BCUT2D eigenvalue weighted by molar-refractivity contribution is -0.135. The van der Waals surface area contributed by atoms with E-state index >= 15 is 0 Å². The number of fused-ring (bicyclic) bond motifs is 3. The summed E-state index contributed by atoms with van der Waals surface area (Å²) in [5.74, 6) is -0.362. The van der Waals surface area contributed by atoms with E-state index in [1.165, 1.54) is 6.07 Å². The molecular weight excluding hydrogens is 394 g/mol. The van der Waals surface area contributed by atoms with E-state index in [1.54, 1.807) is 17.0 Å². The number of nitrogens with zero attached hydrogens (tertiary/aromatic N) is 3. The molecule has 3 aliphatic rings. The molecule has 0 aromatic heterocycles. The lowest BCUT2D eigenvalue weighted by Crippen LogP contribution is -2.38. The topological polar surface area (TPSA) is 96.3 Å². The van der Waals surface area contributed by atoms with Crippen LogP contribution in [0, 0.1) is 0 Å². The Morgan fingerprint density at radius 2 is 1.72 bits per heavy atom. The number of carbonyl (C=O) groups is 2. The number of carbonyl (C=O) groups excluding carboxylic acids is 2. The second-order valence-electron chi connectivity index (χ2n) is 7.64. The molecule has 9 heteroatoms. The van der Waals surface area contributed by atoms with Crippen molar-refractivity contribution in [2.24, 2.45) is 4.40 Å². The average Bonchev–Trinajstić information content (AvgIpc) is 2.97. The van der Waals surface area contributed by atoms with Gasteiger partial charge in [-0.3, -0.25) is 4.79 Å². The Bertz CT molecular complexity index is 951. The third-order valence-corrected chi connectivity index (χ3v) is 6.95. The van der Waals surface area contributed by atoms with Crippen LogP contribution in [-0.2, 0) is 19.6 Å². The molecule has 156 valence electrons.